The van der Waals surface area contributed by atoms with Crippen molar-refractivity contribution in [3.63, 3.8) is 0 Å². The average Bonchev–Trinajstić information content (AvgIpc) is 1.96. The van der Waals surface area contributed by atoms with Crippen molar-refractivity contribution in [2.45, 2.75) is 27.4 Å². The van der Waals surface area contributed by atoms with Crippen molar-refractivity contribution in [1.82, 2.24) is 0 Å². The number of rotatable bonds is 2. The summed E-state index contributed by atoms with van der Waals surface area (Å²) in [5, 5.41) is 0. The highest BCUT2D eigenvalue weighted by Gasteiger charge is 2.01. The molecule has 0 atom stereocenters. The van der Waals surface area contributed by atoms with Gasteiger partial charge in [0.05, 0.1) is 6.61 Å². The maximum atomic E-state index is 5.13. The van der Waals surface area contributed by atoms with Crippen LogP contribution in [0.3, 0.4) is 0 Å². The van der Waals surface area contributed by atoms with Crippen molar-refractivity contribution in [3.05, 3.63) is 34.4 Å². The number of hydrogen-bond acceptors (Lipinski definition) is 1. The zero-order valence-electron chi connectivity index (χ0n) is 8.27. The van der Waals surface area contributed by atoms with Crippen LogP contribution in [0.5, 0.6) is 0 Å². The van der Waals surface area contributed by atoms with Crippen molar-refractivity contribution in [2.75, 3.05) is 7.11 Å². The van der Waals surface area contributed by atoms with E-state index in [-0.39, 0.29) is 0 Å². The van der Waals surface area contributed by atoms with Crippen molar-refractivity contribution < 1.29 is 4.74 Å². The quantitative estimate of drug-likeness (QED) is 0.653. The smallest absolute Gasteiger partial charge is 0.0718 e. The van der Waals surface area contributed by atoms with Crippen molar-refractivity contribution >= 4 is 0 Å². The Morgan fingerprint density at radius 3 is 2.00 bits per heavy atom. The maximum Gasteiger partial charge on any atom is 0.0718 e. The summed E-state index contributed by atoms with van der Waals surface area (Å²) in [5.74, 6) is 0. The fourth-order valence-corrected chi connectivity index (χ4v) is 1.58. The van der Waals surface area contributed by atoms with E-state index in [1.54, 1.807) is 7.11 Å². The Morgan fingerprint density at radius 2 is 1.58 bits per heavy atom. The van der Waals surface area contributed by atoms with Gasteiger partial charge < -0.3 is 4.74 Å². The lowest BCUT2D eigenvalue weighted by Gasteiger charge is -2.09. The summed E-state index contributed by atoms with van der Waals surface area (Å²) in [6, 6.07) is 4.39. The van der Waals surface area contributed by atoms with E-state index in [1.807, 2.05) is 0 Å². The van der Waals surface area contributed by atoms with E-state index in [4.69, 9.17) is 4.74 Å². The second-order valence-corrected chi connectivity index (χ2v) is 3.31. The molecule has 66 valence electrons. The summed E-state index contributed by atoms with van der Waals surface area (Å²) in [7, 11) is 1.73. The Kier molecular flexibility index (Phi) is 2.88. The lowest BCUT2D eigenvalue weighted by atomic mass is 10.0. The van der Waals surface area contributed by atoms with Crippen LogP contribution in [0.2, 0.25) is 0 Å². The molecule has 0 unspecified atom stereocenters. The van der Waals surface area contributed by atoms with Gasteiger partial charge in [-0.3, -0.25) is 0 Å². The van der Waals surface area contributed by atoms with Crippen LogP contribution in [0.1, 0.15) is 22.3 Å². The summed E-state index contributed by atoms with van der Waals surface area (Å²) < 4.78 is 5.13. The number of benzene rings is 1. The third-order valence-electron chi connectivity index (χ3n) is 2.13. The van der Waals surface area contributed by atoms with Crippen LogP contribution in [0.4, 0.5) is 0 Å². The fourth-order valence-electron chi connectivity index (χ4n) is 1.58. The number of ether oxygens (including phenoxy) is 1. The van der Waals surface area contributed by atoms with Gasteiger partial charge in [0.2, 0.25) is 0 Å². The molecular weight excluding hydrogens is 148 g/mol. The van der Waals surface area contributed by atoms with Gasteiger partial charge in [0.25, 0.3) is 0 Å². The molecule has 1 rings (SSSR count). The van der Waals surface area contributed by atoms with Gasteiger partial charge in [0, 0.05) is 7.11 Å². The molecule has 0 saturated carbocycles. The summed E-state index contributed by atoms with van der Waals surface area (Å²) >= 11 is 0. The normalized spacial score (nSPS) is 10.3. The minimum absolute atomic E-state index is 0.720. The third-order valence-corrected chi connectivity index (χ3v) is 2.13. The monoisotopic (exact) mass is 164 g/mol. The summed E-state index contributed by atoms with van der Waals surface area (Å²) in [6.07, 6.45) is 0. The number of methoxy groups -OCH3 is 1. The van der Waals surface area contributed by atoms with Gasteiger partial charge in [-0.05, 0) is 37.5 Å². The Bertz CT molecular complexity index is 253. The molecule has 0 aliphatic rings. The molecule has 1 nitrogen and oxygen atoms in total. The van der Waals surface area contributed by atoms with Gasteiger partial charge in [-0.15, -0.1) is 0 Å². The van der Waals surface area contributed by atoms with E-state index in [0.29, 0.717) is 0 Å². The summed E-state index contributed by atoms with van der Waals surface area (Å²) in [4.78, 5) is 0. The van der Waals surface area contributed by atoms with E-state index in [0.717, 1.165) is 6.61 Å². The van der Waals surface area contributed by atoms with Crippen LogP contribution in [0.15, 0.2) is 12.1 Å². The topological polar surface area (TPSA) is 9.23 Å². The van der Waals surface area contributed by atoms with E-state index in [9.17, 15) is 0 Å². The molecule has 0 saturated heterocycles. The molecule has 0 radical (unpaired) electrons. The summed E-state index contributed by atoms with van der Waals surface area (Å²) in [6.45, 7) is 7.11. The van der Waals surface area contributed by atoms with Crippen LogP contribution in [-0.2, 0) is 11.3 Å². The minimum atomic E-state index is 0.720. The van der Waals surface area contributed by atoms with E-state index >= 15 is 0 Å². The number of hydrogen-bond donors (Lipinski definition) is 0. The van der Waals surface area contributed by atoms with Crippen LogP contribution in [0.25, 0.3) is 0 Å². The first-order valence-corrected chi connectivity index (χ1v) is 4.21. The van der Waals surface area contributed by atoms with Gasteiger partial charge in [0.1, 0.15) is 0 Å². The highest BCUT2D eigenvalue weighted by Crippen LogP contribution is 2.16. The molecule has 0 aromatic heterocycles. The lowest BCUT2D eigenvalue weighted by Crippen LogP contribution is -1.96. The van der Waals surface area contributed by atoms with Crippen LogP contribution < -0.4 is 0 Å². The Morgan fingerprint density at radius 1 is 1.08 bits per heavy atom. The Labute approximate surface area is 74.4 Å². The summed E-state index contributed by atoms with van der Waals surface area (Å²) in [5.41, 5.74) is 5.30. The number of aryl methyl sites for hydroxylation is 3. The van der Waals surface area contributed by atoms with E-state index < -0.39 is 0 Å². The Balaban J connectivity index is 3.10. The first kappa shape index (κ1) is 9.27. The second-order valence-electron chi connectivity index (χ2n) is 3.31. The molecule has 0 aliphatic heterocycles. The fraction of sp³-hybridized carbons (Fsp3) is 0.455. The SMILES string of the molecule is COCc1c(C)cc(C)cc1C. The van der Waals surface area contributed by atoms with Crippen LogP contribution in [-0.4, -0.2) is 7.11 Å². The first-order chi connectivity index (χ1) is 5.65. The van der Waals surface area contributed by atoms with E-state index in [2.05, 4.69) is 32.9 Å². The maximum absolute atomic E-state index is 5.13. The second kappa shape index (κ2) is 3.72. The minimum Gasteiger partial charge on any atom is -0.380 e. The lowest BCUT2D eigenvalue weighted by molar-refractivity contribution is 0.184. The highest BCUT2D eigenvalue weighted by atomic mass is 16.5. The van der Waals surface area contributed by atoms with Crippen LogP contribution >= 0.6 is 0 Å². The zero-order chi connectivity index (χ0) is 9.14. The molecular formula is C11H16O. The molecule has 0 N–H and O–H groups in total. The van der Waals surface area contributed by atoms with Gasteiger partial charge in [0.15, 0.2) is 0 Å². The third kappa shape index (κ3) is 1.86. The standard InChI is InChI=1S/C11H16O/c1-8-5-9(2)11(7-12-4)10(3)6-8/h5-6H,7H2,1-4H3. The molecule has 0 fully saturated rings. The van der Waals surface area contributed by atoms with Crippen molar-refractivity contribution in [1.29, 1.82) is 0 Å². The molecule has 1 aromatic carbocycles. The predicted molar refractivity (Wildman–Crippen MR) is 51.4 cm³/mol. The predicted octanol–water partition coefficient (Wildman–Crippen LogP) is 2.76. The molecule has 0 aliphatic carbocycles. The van der Waals surface area contributed by atoms with Gasteiger partial charge in [-0.2, -0.15) is 0 Å². The zero-order valence-corrected chi connectivity index (χ0v) is 8.27. The molecule has 0 heterocycles. The van der Waals surface area contributed by atoms with Gasteiger partial charge >= 0.3 is 0 Å². The van der Waals surface area contributed by atoms with Crippen molar-refractivity contribution in [2.24, 2.45) is 0 Å². The van der Waals surface area contributed by atoms with Crippen LogP contribution in [0, 0.1) is 20.8 Å². The van der Waals surface area contributed by atoms with Gasteiger partial charge in [-0.25, -0.2) is 0 Å². The molecule has 1 heteroatoms. The first-order valence-electron chi connectivity index (χ1n) is 4.21. The Hall–Kier alpha value is -0.820. The molecule has 0 bridgehead atoms. The highest BCUT2D eigenvalue weighted by molar-refractivity contribution is 5.36. The molecule has 12 heavy (non-hydrogen) atoms. The van der Waals surface area contributed by atoms with Crippen molar-refractivity contribution in [3.8, 4) is 0 Å². The molecule has 0 amide bonds. The largest absolute Gasteiger partial charge is 0.380 e. The average molecular weight is 164 g/mol. The molecule has 0 spiro atoms. The molecule has 1 aromatic rings. The van der Waals surface area contributed by atoms with E-state index in [1.165, 1.54) is 22.3 Å². The van der Waals surface area contributed by atoms with Gasteiger partial charge in [-0.1, -0.05) is 17.7 Å².